The van der Waals surface area contributed by atoms with Gasteiger partial charge in [-0.25, -0.2) is 0 Å². The van der Waals surface area contributed by atoms with Crippen molar-refractivity contribution in [3.63, 3.8) is 0 Å². The smallest absolute Gasteiger partial charge is 0.195 e. The van der Waals surface area contributed by atoms with Crippen molar-refractivity contribution in [2.24, 2.45) is 0 Å². The lowest BCUT2D eigenvalue weighted by Gasteiger charge is -2.17. The molecule has 0 aromatic carbocycles. The fourth-order valence-electron chi connectivity index (χ4n) is 1.96. The van der Waals surface area contributed by atoms with Gasteiger partial charge in [-0.05, 0) is 31.5 Å². The maximum absolute atomic E-state index is 5.29. The van der Waals surface area contributed by atoms with Gasteiger partial charge < -0.3 is 4.57 Å². The summed E-state index contributed by atoms with van der Waals surface area (Å²) >= 11 is 5.29. The van der Waals surface area contributed by atoms with Gasteiger partial charge in [-0.1, -0.05) is 27.2 Å². The van der Waals surface area contributed by atoms with E-state index in [1.54, 1.807) is 0 Å². The fraction of sp³-hybridized carbons (Fsp3) is 0.818. The molecule has 0 saturated heterocycles. The van der Waals surface area contributed by atoms with Crippen LogP contribution in [0.5, 0.6) is 0 Å². The van der Waals surface area contributed by atoms with E-state index >= 15 is 0 Å². The monoisotopic (exact) mass is 227 g/mol. The van der Waals surface area contributed by atoms with Gasteiger partial charge in [0.25, 0.3) is 0 Å². The molecule has 1 unspecified atom stereocenters. The Hall–Kier alpha value is -0.640. The molecule has 0 aliphatic carbocycles. The van der Waals surface area contributed by atoms with Crippen LogP contribution in [0.25, 0.3) is 0 Å². The minimum atomic E-state index is 0.516. The van der Waals surface area contributed by atoms with Crippen LogP contribution in [-0.2, 0) is 6.42 Å². The summed E-state index contributed by atoms with van der Waals surface area (Å²) in [7, 11) is 0. The van der Waals surface area contributed by atoms with Gasteiger partial charge in [-0.15, -0.1) is 0 Å². The molecule has 86 valence electrons. The third-order valence-corrected chi connectivity index (χ3v) is 3.00. The Morgan fingerprint density at radius 2 is 2.07 bits per heavy atom. The van der Waals surface area contributed by atoms with Gasteiger partial charge in [-0.3, -0.25) is 5.10 Å². The second-order valence-corrected chi connectivity index (χ2v) is 4.30. The summed E-state index contributed by atoms with van der Waals surface area (Å²) in [6.07, 6.45) is 5.62. The molecular formula is C11H21N3S. The summed E-state index contributed by atoms with van der Waals surface area (Å²) in [5.41, 5.74) is 0. The summed E-state index contributed by atoms with van der Waals surface area (Å²) < 4.78 is 2.99. The number of aromatic nitrogens is 3. The summed E-state index contributed by atoms with van der Waals surface area (Å²) in [6.45, 7) is 6.60. The molecule has 1 rings (SSSR count). The number of hydrogen-bond donors (Lipinski definition) is 1. The molecule has 0 amide bonds. The molecular weight excluding hydrogens is 206 g/mol. The highest BCUT2D eigenvalue weighted by Gasteiger charge is 2.13. The zero-order valence-corrected chi connectivity index (χ0v) is 10.7. The molecule has 3 nitrogen and oxygen atoms in total. The third kappa shape index (κ3) is 2.91. The van der Waals surface area contributed by atoms with Crippen LogP contribution in [0.2, 0.25) is 0 Å². The molecule has 0 aliphatic rings. The van der Waals surface area contributed by atoms with Crippen LogP contribution in [0.1, 0.15) is 58.3 Å². The SMILES string of the molecule is CCCc1n[nH]c(=S)n1C(CC)CCC. The first-order valence-corrected chi connectivity index (χ1v) is 6.31. The Balaban J connectivity index is 2.97. The van der Waals surface area contributed by atoms with Crippen molar-refractivity contribution >= 4 is 12.2 Å². The number of aromatic amines is 1. The molecule has 0 saturated carbocycles. The first kappa shape index (κ1) is 12.4. The van der Waals surface area contributed by atoms with E-state index in [1.807, 2.05) is 0 Å². The predicted octanol–water partition coefficient (Wildman–Crippen LogP) is 3.64. The van der Waals surface area contributed by atoms with Gasteiger partial charge >= 0.3 is 0 Å². The standard InChI is InChI=1S/C11H21N3S/c1-4-7-9(6-3)14-10(8-5-2)12-13-11(14)15/h9H,4-8H2,1-3H3,(H,13,15). The van der Waals surface area contributed by atoms with Gasteiger partial charge in [0.2, 0.25) is 0 Å². The summed E-state index contributed by atoms with van der Waals surface area (Å²) in [6, 6.07) is 0.516. The zero-order chi connectivity index (χ0) is 11.3. The van der Waals surface area contributed by atoms with Crippen molar-refractivity contribution in [1.82, 2.24) is 14.8 Å². The van der Waals surface area contributed by atoms with Gasteiger partial charge in [0.05, 0.1) is 0 Å². The maximum atomic E-state index is 5.29. The Kier molecular flexibility index (Phi) is 5.02. The number of hydrogen-bond acceptors (Lipinski definition) is 2. The zero-order valence-electron chi connectivity index (χ0n) is 9.92. The van der Waals surface area contributed by atoms with Gasteiger partial charge in [0.1, 0.15) is 5.82 Å². The average molecular weight is 227 g/mol. The minimum absolute atomic E-state index is 0.516. The molecule has 1 aromatic heterocycles. The number of nitrogens with one attached hydrogen (secondary N) is 1. The molecule has 15 heavy (non-hydrogen) atoms. The Bertz CT molecular complexity index is 340. The van der Waals surface area contributed by atoms with Crippen LogP contribution in [0.3, 0.4) is 0 Å². The van der Waals surface area contributed by atoms with Crippen LogP contribution in [0.4, 0.5) is 0 Å². The van der Waals surface area contributed by atoms with Crippen LogP contribution < -0.4 is 0 Å². The van der Waals surface area contributed by atoms with Crippen LogP contribution >= 0.6 is 12.2 Å². The Morgan fingerprint density at radius 1 is 1.33 bits per heavy atom. The lowest BCUT2D eigenvalue weighted by atomic mass is 10.1. The molecule has 1 heterocycles. The van der Waals surface area contributed by atoms with E-state index in [2.05, 4.69) is 35.5 Å². The Labute approximate surface area is 96.9 Å². The number of H-pyrrole nitrogens is 1. The normalized spacial score (nSPS) is 13.0. The van der Waals surface area contributed by atoms with E-state index in [0.717, 1.165) is 29.9 Å². The largest absolute Gasteiger partial charge is 0.301 e. The third-order valence-electron chi connectivity index (χ3n) is 2.71. The molecule has 0 aliphatic heterocycles. The molecule has 0 bridgehead atoms. The van der Waals surface area contributed by atoms with E-state index in [-0.39, 0.29) is 0 Å². The molecule has 1 atom stereocenters. The molecule has 0 spiro atoms. The summed E-state index contributed by atoms with van der Waals surface area (Å²) in [5.74, 6) is 1.11. The molecule has 1 aromatic rings. The lowest BCUT2D eigenvalue weighted by molar-refractivity contribution is 0.428. The lowest BCUT2D eigenvalue weighted by Crippen LogP contribution is -2.11. The highest BCUT2D eigenvalue weighted by atomic mass is 32.1. The number of nitrogens with zero attached hydrogens (tertiary/aromatic N) is 2. The van der Waals surface area contributed by atoms with Crippen LogP contribution in [-0.4, -0.2) is 14.8 Å². The van der Waals surface area contributed by atoms with E-state index in [4.69, 9.17) is 12.2 Å². The van der Waals surface area contributed by atoms with E-state index < -0.39 is 0 Å². The van der Waals surface area contributed by atoms with Crippen molar-refractivity contribution in [2.45, 2.75) is 58.9 Å². The van der Waals surface area contributed by atoms with Crippen molar-refractivity contribution in [3.05, 3.63) is 10.6 Å². The second-order valence-electron chi connectivity index (χ2n) is 3.92. The van der Waals surface area contributed by atoms with Crippen molar-refractivity contribution in [3.8, 4) is 0 Å². The van der Waals surface area contributed by atoms with Crippen molar-refractivity contribution in [2.75, 3.05) is 0 Å². The van der Waals surface area contributed by atoms with E-state index in [0.29, 0.717) is 6.04 Å². The maximum Gasteiger partial charge on any atom is 0.195 e. The topological polar surface area (TPSA) is 33.6 Å². The van der Waals surface area contributed by atoms with E-state index in [9.17, 15) is 0 Å². The first-order valence-electron chi connectivity index (χ1n) is 5.90. The second kappa shape index (κ2) is 6.05. The first-order chi connectivity index (χ1) is 7.24. The minimum Gasteiger partial charge on any atom is -0.301 e. The predicted molar refractivity (Wildman–Crippen MR) is 65.6 cm³/mol. The van der Waals surface area contributed by atoms with Crippen molar-refractivity contribution < 1.29 is 0 Å². The average Bonchev–Trinajstić information content (AvgIpc) is 2.58. The fourth-order valence-corrected chi connectivity index (χ4v) is 2.26. The summed E-state index contributed by atoms with van der Waals surface area (Å²) in [5, 5.41) is 7.21. The van der Waals surface area contributed by atoms with E-state index in [1.165, 1.54) is 12.8 Å². The van der Waals surface area contributed by atoms with Gasteiger partial charge in [-0.2, -0.15) is 5.10 Å². The number of rotatable bonds is 6. The van der Waals surface area contributed by atoms with Crippen molar-refractivity contribution in [1.29, 1.82) is 0 Å². The highest BCUT2D eigenvalue weighted by molar-refractivity contribution is 7.71. The molecule has 1 N–H and O–H groups in total. The molecule has 0 fully saturated rings. The highest BCUT2D eigenvalue weighted by Crippen LogP contribution is 2.20. The Morgan fingerprint density at radius 3 is 2.60 bits per heavy atom. The molecule has 4 heteroatoms. The van der Waals surface area contributed by atoms with Gasteiger partial charge in [0, 0.05) is 12.5 Å². The molecule has 0 radical (unpaired) electrons. The van der Waals surface area contributed by atoms with Crippen LogP contribution in [0.15, 0.2) is 0 Å². The van der Waals surface area contributed by atoms with Crippen LogP contribution in [0, 0.1) is 4.77 Å². The summed E-state index contributed by atoms with van der Waals surface area (Å²) in [4.78, 5) is 0. The van der Waals surface area contributed by atoms with Gasteiger partial charge in [0.15, 0.2) is 4.77 Å². The number of aryl methyl sites for hydroxylation is 1. The quantitative estimate of drug-likeness (QED) is 0.753.